The Balaban J connectivity index is 1.68. The molecular formula is C17H16BrF2N3O. The minimum absolute atomic E-state index is 0.167. The number of pyridine rings is 1. The van der Waals surface area contributed by atoms with E-state index in [2.05, 4.69) is 25.8 Å². The fourth-order valence-electron chi connectivity index (χ4n) is 2.80. The molecule has 0 atom stereocenters. The molecule has 0 radical (unpaired) electrons. The van der Waals surface area contributed by atoms with Gasteiger partial charge in [-0.15, -0.1) is 0 Å². The molecule has 4 nitrogen and oxygen atoms in total. The number of rotatable bonds is 2. The number of carbonyl (C=O) groups excluding carboxylic acids is 1. The third-order valence-electron chi connectivity index (χ3n) is 4.05. The molecule has 1 aromatic heterocycles. The third kappa shape index (κ3) is 3.40. The summed E-state index contributed by atoms with van der Waals surface area (Å²) in [5.41, 5.74) is 1.23. The predicted octanol–water partition coefficient (Wildman–Crippen LogP) is 3.39. The van der Waals surface area contributed by atoms with Crippen molar-refractivity contribution >= 4 is 27.7 Å². The molecule has 1 amide bonds. The van der Waals surface area contributed by atoms with E-state index in [9.17, 15) is 13.6 Å². The molecule has 7 heteroatoms. The van der Waals surface area contributed by atoms with E-state index in [-0.39, 0.29) is 11.5 Å². The Morgan fingerprint density at radius 1 is 1.12 bits per heavy atom. The second-order valence-electron chi connectivity index (χ2n) is 5.70. The fraction of sp³-hybridized carbons (Fsp3) is 0.294. The monoisotopic (exact) mass is 395 g/mol. The zero-order valence-electron chi connectivity index (χ0n) is 13.1. The van der Waals surface area contributed by atoms with E-state index in [1.807, 2.05) is 13.0 Å². The van der Waals surface area contributed by atoms with Crippen LogP contribution in [0.4, 0.5) is 14.6 Å². The van der Waals surface area contributed by atoms with Gasteiger partial charge in [0.1, 0.15) is 5.82 Å². The molecule has 2 heterocycles. The van der Waals surface area contributed by atoms with Crippen molar-refractivity contribution in [2.45, 2.75) is 6.92 Å². The molecular weight excluding hydrogens is 380 g/mol. The van der Waals surface area contributed by atoms with Gasteiger partial charge in [-0.25, -0.2) is 13.8 Å². The van der Waals surface area contributed by atoms with Crippen LogP contribution in [0.2, 0.25) is 0 Å². The van der Waals surface area contributed by atoms with Crippen molar-refractivity contribution in [2.75, 3.05) is 31.1 Å². The third-order valence-corrected chi connectivity index (χ3v) is 4.48. The first kappa shape index (κ1) is 16.8. The number of carbonyl (C=O) groups is 1. The van der Waals surface area contributed by atoms with Gasteiger partial charge in [0.25, 0.3) is 5.91 Å². The van der Waals surface area contributed by atoms with Gasteiger partial charge < -0.3 is 9.80 Å². The Bertz CT molecular complexity index is 776. The smallest absolute Gasteiger partial charge is 0.254 e. The van der Waals surface area contributed by atoms with Crippen molar-refractivity contribution in [3.8, 4) is 0 Å². The highest BCUT2D eigenvalue weighted by Crippen LogP contribution is 2.22. The minimum atomic E-state index is -1.01. The summed E-state index contributed by atoms with van der Waals surface area (Å²) in [4.78, 5) is 20.6. The molecule has 126 valence electrons. The lowest BCUT2D eigenvalue weighted by Gasteiger charge is -2.36. The van der Waals surface area contributed by atoms with Gasteiger partial charge in [-0.1, -0.05) is 0 Å². The summed E-state index contributed by atoms with van der Waals surface area (Å²) >= 11 is 3.39. The van der Waals surface area contributed by atoms with Crippen molar-refractivity contribution in [2.24, 2.45) is 0 Å². The van der Waals surface area contributed by atoms with Crippen LogP contribution in [0.3, 0.4) is 0 Å². The second kappa shape index (κ2) is 6.84. The molecule has 0 N–H and O–H groups in total. The van der Waals surface area contributed by atoms with Crippen molar-refractivity contribution in [1.82, 2.24) is 9.88 Å². The average molecular weight is 396 g/mol. The standard InChI is InChI=1S/C17H16BrF2N3O/c1-11-8-13(18)10-21-16(11)22-4-6-23(7-5-22)17(24)12-2-3-14(19)15(20)9-12/h2-3,8-10H,4-7H2,1H3. The summed E-state index contributed by atoms with van der Waals surface area (Å²) < 4.78 is 27.2. The SMILES string of the molecule is Cc1cc(Br)cnc1N1CCN(C(=O)c2ccc(F)c(F)c2)CC1. The average Bonchev–Trinajstić information content (AvgIpc) is 2.57. The first-order valence-electron chi connectivity index (χ1n) is 7.57. The molecule has 1 aromatic carbocycles. The summed E-state index contributed by atoms with van der Waals surface area (Å²) in [7, 11) is 0. The summed E-state index contributed by atoms with van der Waals surface area (Å²) in [6, 6.07) is 5.24. The van der Waals surface area contributed by atoms with Gasteiger partial charge in [0.05, 0.1) is 0 Å². The van der Waals surface area contributed by atoms with Crippen LogP contribution in [0.1, 0.15) is 15.9 Å². The van der Waals surface area contributed by atoms with E-state index in [4.69, 9.17) is 0 Å². The Morgan fingerprint density at radius 3 is 2.46 bits per heavy atom. The van der Waals surface area contributed by atoms with Crippen molar-refractivity contribution in [1.29, 1.82) is 0 Å². The lowest BCUT2D eigenvalue weighted by molar-refractivity contribution is 0.0746. The number of halogens is 3. The van der Waals surface area contributed by atoms with Crippen molar-refractivity contribution in [3.05, 3.63) is 57.7 Å². The van der Waals surface area contributed by atoms with Gasteiger partial charge in [-0.3, -0.25) is 4.79 Å². The highest BCUT2D eigenvalue weighted by Gasteiger charge is 2.24. The zero-order chi connectivity index (χ0) is 17.3. The zero-order valence-corrected chi connectivity index (χ0v) is 14.7. The molecule has 0 unspecified atom stereocenters. The van der Waals surface area contributed by atoms with Crippen LogP contribution in [0, 0.1) is 18.6 Å². The second-order valence-corrected chi connectivity index (χ2v) is 6.62. The highest BCUT2D eigenvalue weighted by molar-refractivity contribution is 9.10. The van der Waals surface area contributed by atoms with Crippen molar-refractivity contribution < 1.29 is 13.6 Å². The topological polar surface area (TPSA) is 36.4 Å². The molecule has 24 heavy (non-hydrogen) atoms. The van der Waals surface area contributed by atoms with Gasteiger partial charge in [0, 0.05) is 42.4 Å². The maximum atomic E-state index is 13.3. The van der Waals surface area contributed by atoms with Gasteiger partial charge in [-0.2, -0.15) is 0 Å². The van der Waals surface area contributed by atoms with E-state index in [0.717, 1.165) is 28.0 Å². The maximum Gasteiger partial charge on any atom is 0.254 e. The van der Waals surface area contributed by atoms with Gasteiger partial charge >= 0.3 is 0 Å². The van der Waals surface area contributed by atoms with Crippen LogP contribution in [-0.4, -0.2) is 42.0 Å². The number of hydrogen-bond donors (Lipinski definition) is 0. The number of piperazine rings is 1. The number of benzene rings is 1. The molecule has 0 spiro atoms. The van der Waals surface area contributed by atoms with Crippen LogP contribution in [0.5, 0.6) is 0 Å². The van der Waals surface area contributed by atoms with Gasteiger partial charge in [0.2, 0.25) is 0 Å². The first-order valence-corrected chi connectivity index (χ1v) is 8.36. The Labute approximate surface area is 147 Å². The summed E-state index contributed by atoms with van der Waals surface area (Å²) in [5.74, 6) is -1.34. The largest absolute Gasteiger partial charge is 0.353 e. The van der Waals surface area contributed by atoms with Crippen LogP contribution in [0.25, 0.3) is 0 Å². The van der Waals surface area contributed by atoms with Crippen molar-refractivity contribution in [3.63, 3.8) is 0 Å². The Kier molecular flexibility index (Phi) is 4.80. The summed E-state index contributed by atoms with van der Waals surface area (Å²) in [5, 5.41) is 0. The number of anilines is 1. The molecule has 1 aliphatic heterocycles. The quantitative estimate of drug-likeness (QED) is 0.781. The molecule has 2 aromatic rings. The Hall–Kier alpha value is -2.02. The van der Waals surface area contributed by atoms with Crippen LogP contribution in [0.15, 0.2) is 34.9 Å². The molecule has 0 aliphatic carbocycles. The van der Waals surface area contributed by atoms with Gasteiger partial charge in [0.15, 0.2) is 11.6 Å². The first-order chi connectivity index (χ1) is 11.5. The number of hydrogen-bond acceptors (Lipinski definition) is 3. The normalized spacial score (nSPS) is 14.8. The van der Waals surface area contributed by atoms with E-state index >= 15 is 0 Å². The predicted molar refractivity (Wildman–Crippen MR) is 91.1 cm³/mol. The van der Waals surface area contributed by atoms with E-state index < -0.39 is 11.6 Å². The summed E-state index contributed by atoms with van der Waals surface area (Å²) in [6.45, 7) is 4.30. The van der Waals surface area contributed by atoms with Gasteiger partial charge in [-0.05, 0) is 52.7 Å². The lowest BCUT2D eigenvalue weighted by Crippen LogP contribution is -2.49. The van der Waals surface area contributed by atoms with E-state index in [0.29, 0.717) is 26.2 Å². The fourth-order valence-corrected chi connectivity index (χ4v) is 3.24. The molecule has 1 fully saturated rings. The highest BCUT2D eigenvalue weighted by atomic mass is 79.9. The molecule has 1 saturated heterocycles. The number of amides is 1. The number of aryl methyl sites for hydroxylation is 1. The Morgan fingerprint density at radius 2 is 1.83 bits per heavy atom. The molecule has 0 saturated carbocycles. The van der Waals surface area contributed by atoms with Crippen LogP contribution < -0.4 is 4.90 Å². The molecule has 1 aliphatic rings. The lowest BCUT2D eigenvalue weighted by atomic mass is 10.1. The van der Waals surface area contributed by atoms with E-state index in [1.165, 1.54) is 6.07 Å². The number of aromatic nitrogens is 1. The number of nitrogens with zero attached hydrogens (tertiary/aromatic N) is 3. The minimum Gasteiger partial charge on any atom is -0.353 e. The summed E-state index contributed by atoms with van der Waals surface area (Å²) in [6.07, 6.45) is 1.75. The van der Waals surface area contributed by atoms with Crippen LogP contribution in [-0.2, 0) is 0 Å². The molecule has 3 rings (SSSR count). The van der Waals surface area contributed by atoms with E-state index in [1.54, 1.807) is 11.1 Å². The van der Waals surface area contributed by atoms with Crippen LogP contribution >= 0.6 is 15.9 Å². The molecule has 0 bridgehead atoms. The maximum absolute atomic E-state index is 13.3.